The van der Waals surface area contributed by atoms with Gasteiger partial charge >= 0.3 is 6.18 Å². The minimum absolute atomic E-state index is 0.166. The number of piperidine rings is 1. The van der Waals surface area contributed by atoms with Crippen LogP contribution in [-0.2, 0) is 11.0 Å². The maximum absolute atomic E-state index is 12.7. The van der Waals surface area contributed by atoms with E-state index in [0.717, 1.165) is 12.1 Å². The number of nitrogens with one attached hydrogen (secondary N) is 2. The zero-order valence-electron chi connectivity index (χ0n) is 12.6. The van der Waals surface area contributed by atoms with E-state index in [2.05, 4.69) is 10.6 Å². The van der Waals surface area contributed by atoms with E-state index in [-0.39, 0.29) is 11.6 Å². The summed E-state index contributed by atoms with van der Waals surface area (Å²) in [5.41, 5.74) is -1.30. The van der Waals surface area contributed by atoms with E-state index in [9.17, 15) is 18.0 Å². The molecule has 0 bridgehead atoms. The van der Waals surface area contributed by atoms with Crippen LogP contribution in [0.3, 0.4) is 0 Å². The lowest BCUT2D eigenvalue weighted by Gasteiger charge is -2.41. The molecule has 1 aromatic carbocycles. The Hall–Kier alpha value is -1.60. The van der Waals surface area contributed by atoms with E-state index in [1.807, 2.05) is 19.0 Å². The van der Waals surface area contributed by atoms with Crippen molar-refractivity contribution in [2.24, 2.45) is 0 Å². The number of benzene rings is 1. The van der Waals surface area contributed by atoms with Crippen LogP contribution in [0.5, 0.6) is 0 Å². The van der Waals surface area contributed by atoms with Crippen LogP contribution < -0.4 is 10.6 Å². The van der Waals surface area contributed by atoms with E-state index in [1.54, 1.807) is 0 Å². The van der Waals surface area contributed by atoms with Gasteiger partial charge in [0.25, 0.3) is 0 Å². The average Bonchev–Trinajstić information content (AvgIpc) is 2.47. The SMILES string of the molecule is CN(C)C1(C(=O)Nc2cccc(C(F)(F)F)c2)CCNCC1. The maximum atomic E-state index is 12.7. The molecule has 1 fully saturated rings. The van der Waals surface area contributed by atoms with E-state index in [4.69, 9.17) is 0 Å². The fraction of sp³-hybridized carbons (Fsp3) is 0.533. The predicted octanol–water partition coefficient (Wildman–Crippen LogP) is 2.33. The fourth-order valence-corrected chi connectivity index (χ4v) is 2.74. The van der Waals surface area contributed by atoms with Gasteiger partial charge in [-0.05, 0) is 58.2 Å². The Morgan fingerprint density at radius 2 is 1.91 bits per heavy atom. The Bertz CT molecular complexity index is 537. The number of alkyl halides is 3. The smallest absolute Gasteiger partial charge is 0.324 e. The van der Waals surface area contributed by atoms with Crippen LogP contribution in [-0.4, -0.2) is 43.5 Å². The van der Waals surface area contributed by atoms with Crippen LogP contribution in [0, 0.1) is 0 Å². The van der Waals surface area contributed by atoms with E-state index in [0.29, 0.717) is 25.9 Å². The van der Waals surface area contributed by atoms with Gasteiger partial charge in [0.05, 0.1) is 5.56 Å². The van der Waals surface area contributed by atoms with Crippen molar-refractivity contribution in [1.29, 1.82) is 0 Å². The normalized spacial score (nSPS) is 18.3. The molecule has 4 nitrogen and oxygen atoms in total. The molecule has 122 valence electrons. The van der Waals surface area contributed by atoms with Crippen molar-refractivity contribution in [2.45, 2.75) is 24.6 Å². The quantitative estimate of drug-likeness (QED) is 0.900. The summed E-state index contributed by atoms with van der Waals surface area (Å²) in [6.07, 6.45) is -3.19. The number of hydrogen-bond donors (Lipinski definition) is 2. The third-order valence-corrected chi connectivity index (χ3v) is 4.16. The lowest BCUT2D eigenvalue weighted by atomic mass is 9.86. The van der Waals surface area contributed by atoms with E-state index >= 15 is 0 Å². The largest absolute Gasteiger partial charge is 0.416 e. The first-order chi connectivity index (χ1) is 10.3. The summed E-state index contributed by atoms with van der Waals surface area (Å²) >= 11 is 0. The molecule has 0 aromatic heterocycles. The molecule has 2 N–H and O–H groups in total. The lowest BCUT2D eigenvalue weighted by Crippen LogP contribution is -2.58. The van der Waals surface area contributed by atoms with Crippen LogP contribution in [0.4, 0.5) is 18.9 Å². The van der Waals surface area contributed by atoms with Crippen molar-refractivity contribution in [3.05, 3.63) is 29.8 Å². The highest BCUT2D eigenvalue weighted by atomic mass is 19.4. The van der Waals surface area contributed by atoms with Crippen molar-refractivity contribution in [3.63, 3.8) is 0 Å². The molecular formula is C15H20F3N3O. The van der Waals surface area contributed by atoms with E-state index in [1.165, 1.54) is 12.1 Å². The summed E-state index contributed by atoms with van der Waals surface area (Å²) in [5, 5.41) is 5.82. The molecule has 2 rings (SSSR count). The van der Waals surface area contributed by atoms with E-state index < -0.39 is 17.3 Å². The molecule has 1 aromatic rings. The summed E-state index contributed by atoms with van der Waals surface area (Å²) in [6.45, 7) is 1.41. The third kappa shape index (κ3) is 3.41. The van der Waals surface area contributed by atoms with Gasteiger partial charge < -0.3 is 10.6 Å². The van der Waals surface area contributed by atoms with Gasteiger partial charge in [0, 0.05) is 5.69 Å². The van der Waals surface area contributed by atoms with Crippen LogP contribution >= 0.6 is 0 Å². The molecule has 0 atom stereocenters. The number of halogens is 3. The highest BCUT2D eigenvalue weighted by Crippen LogP contribution is 2.31. The van der Waals surface area contributed by atoms with Crippen LogP contribution in [0.25, 0.3) is 0 Å². The Morgan fingerprint density at radius 3 is 2.45 bits per heavy atom. The van der Waals surface area contributed by atoms with Crippen LogP contribution in [0.15, 0.2) is 24.3 Å². The molecule has 22 heavy (non-hydrogen) atoms. The molecule has 1 aliphatic rings. The molecular weight excluding hydrogens is 295 g/mol. The standard InChI is InChI=1S/C15H20F3N3O/c1-21(2)14(6-8-19-9-7-14)13(22)20-12-5-3-4-11(10-12)15(16,17)18/h3-5,10,19H,6-9H2,1-2H3,(H,20,22). The number of amides is 1. The highest BCUT2D eigenvalue weighted by Gasteiger charge is 2.41. The lowest BCUT2D eigenvalue weighted by molar-refractivity contribution is -0.137. The average molecular weight is 315 g/mol. The maximum Gasteiger partial charge on any atom is 0.416 e. The number of likely N-dealkylation sites (N-methyl/N-ethyl adjacent to an activating group) is 1. The number of nitrogens with zero attached hydrogens (tertiary/aromatic N) is 1. The molecule has 1 aliphatic heterocycles. The first-order valence-corrected chi connectivity index (χ1v) is 7.12. The fourth-order valence-electron chi connectivity index (χ4n) is 2.74. The Labute approximate surface area is 127 Å². The van der Waals surface area contributed by atoms with Gasteiger partial charge in [0.2, 0.25) is 5.91 Å². The zero-order valence-corrected chi connectivity index (χ0v) is 12.6. The Morgan fingerprint density at radius 1 is 1.27 bits per heavy atom. The van der Waals surface area contributed by atoms with Crippen LogP contribution in [0.1, 0.15) is 18.4 Å². The zero-order chi connectivity index (χ0) is 16.4. The molecule has 1 saturated heterocycles. The first-order valence-electron chi connectivity index (χ1n) is 7.12. The van der Waals surface area contributed by atoms with Gasteiger partial charge in [-0.3, -0.25) is 9.69 Å². The van der Waals surface area contributed by atoms with Crippen molar-refractivity contribution < 1.29 is 18.0 Å². The Balaban J connectivity index is 2.20. The van der Waals surface area contributed by atoms with Crippen molar-refractivity contribution in [1.82, 2.24) is 10.2 Å². The molecule has 0 radical (unpaired) electrons. The number of hydrogen-bond acceptors (Lipinski definition) is 3. The minimum atomic E-state index is -4.42. The number of carbonyl (C=O) groups is 1. The van der Waals surface area contributed by atoms with Gasteiger partial charge in [-0.15, -0.1) is 0 Å². The predicted molar refractivity (Wildman–Crippen MR) is 78.6 cm³/mol. The second-order valence-electron chi connectivity index (χ2n) is 5.71. The molecule has 0 spiro atoms. The molecule has 1 amide bonds. The van der Waals surface area contributed by atoms with Crippen molar-refractivity contribution in [2.75, 3.05) is 32.5 Å². The topological polar surface area (TPSA) is 44.4 Å². The second kappa shape index (κ2) is 6.26. The summed E-state index contributed by atoms with van der Waals surface area (Å²) in [5.74, 6) is -0.265. The van der Waals surface area contributed by atoms with Gasteiger partial charge in [-0.2, -0.15) is 13.2 Å². The molecule has 0 saturated carbocycles. The summed E-state index contributed by atoms with van der Waals surface area (Å²) in [6, 6.07) is 4.71. The highest BCUT2D eigenvalue weighted by molar-refractivity contribution is 5.98. The summed E-state index contributed by atoms with van der Waals surface area (Å²) in [7, 11) is 3.63. The first kappa shape index (κ1) is 16.8. The molecule has 0 unspecified atom stereocenters. The van der Waals surface area contributed by atoms with Crippen molar-refractivity contribution >= 4 is 11.6 Å². The van der Waals surface area contributed by atoms with Gasteiger partial charge in [0.15, 0.2) is 0 Å². The minimum Gasteiger partial charge on any atom is -0.324 e. The molecule has 0 aliphatic carbocycles. The van der Waals surface area contributed by atoms with Gasteiger partial charge in [-0.25, -0.2) is 0 Å². The Kier molecular flexibility index (Phi) is 4.77. The second-order valence-corrected chi connectivity index (χ2v) is 5.71. The molecule has 7 heteroatoms. The summed E-state index contributed by atoms with van der Waals surface area (Å²) < 4.78 is 38.2. The third-order valence-electron chi connectivity index (χ3n) is 4.16. The number of anilines is 1. The van der Waals surface area contributed by atoms with Crippen LogP contribution in [0.2, 0.25) is 0 Å². The van der Waals surface area contributed by atoms with Crippen molar-refractivity contribution in [3.8, 4) is 0 Å². The summed E-state index contributed by atoms with van der Waals surface area (Å²) in [4.78, 5) is 14.5. The van der Waals surface area contributed by atoms with Gasteiger partial charge in [0.1, 0.15) is 5.54 Å². The van der Waals surface area contributed by atoms with Gasteiger partial charge in [-0.1, -0.05) is 6.07 Å². The number of carbonyl (C=O) groups excluding carboxylic acids is 1. The monoisotopic (exact) mass is 315 g/mol. The number of rotatable bonds is 3. The molecule has 1 heterocycles.